The molecule has 8 heteroatoms. The predicted molar refractivity (Wildman–Crippen MR) is 99.3 cm³/mol. The van der Waals surface area contributed by atoms with Gasteiger partial charge in [-0.3, -0.25) is 5.32 Å². The Morgan fingerprint density at radius 3 is 2.56 bits per heavy atom. The quantitative estimate of drug-likeness (QED) is 0.664. The summed E-state index contributed by atoms with van der Waals surface area (Å²) in [5.41, 5.74) is 1.34. The van der Waals surface area contributed by atoms with Gasteiger partial charge in [-0.1, -0.05) is 47.2 Å². The number of nitrogens with one attached hydrogen (secondary N) is 2. The minimum atomic E-state index is -0.482. The fourth-order valence-corrected chi connectivity index (χ4v) is 2.76. The van der Waals surface area contributed by atoms with Crippen LogP contribution in [0.25, 0.3) is 12.2 Å². The number of urea groups is 1. The Morgan fingerprint density at radius 1 is 1.04 bits per heavy atom. The van der Waals surface area contributed by atoms with Crippen molar-refractivity contribution in [2.75, 3.05) is 10.6 Å². The molecule has 0 aliphatic heterocycles. The van der Waals surface area contributed by atoms with Gasteiger partial charge >= 0.3 is 6.03 Å². The van der Waals surface area contributed by atoms with Gasteiger partial charge in [0, 0.05) is 10.7 Å². The number of carbonyl (C=O) groups is 1. The van der Waals surface area contributed by atoms with E-state index in [9.17, 15) is 9.18 Å². The second-order valence-electron chi connectivity index (χ2n) is 4.89. The maximum absolute atomic E-state index is 12.8. The van der Waals surface area contributed by atoms with Crippen LogP contribution in [0.2, 0.25) is 5.02 Å². The molecule has 0 fully saturated rings. The fraction of sp³-hybridized carbons (Fsp3) is 0. The van der Waals surface area contributed by atoms with Gasteiger partial charge in [-0.2, -0.15) is 0 Å². The summed E-state index contributed by atoms with van der Waals surface area (Å²) in [5.74, 6) is -0.370. The van der Waals surface area contributed by atoms with Crippen molar-refractivity contribution in [3.8, 4) is 0 Å². The Morgan fingerprint density at radius 2 is 1.80 bits per heavy atom. The lowest BCUT2D eigenvalue weighted by Gasteiger charge is -2.04. The van der Waals surface area contributed by atoms with E-state index < -0.39 is 6.03 Å². The third-order valence-electron chi connectivity index (χ3n) is 3.07. The van der Waals surface area contributed by atoms with Crippen molar-refractivity contribution in [3.05, 3.63) is 69.9 Å². The van der Waals surface area contributed by atoms with Gasteiger partial charge in [0.25, 0.3) is 0 Å². The van der Waals surface area contributed by atoms with Crippen LogP contribution in [0, 0.1) is 5.82 Å². The molecule has 25 heavy (non-hydrogen) atoms. The molecule has 1 aromatic heterocycles. The summed E-state index contributed by atoms with van der Waals surface area (Å²) in [6.45, 7) is 0. The van der Waals surface area contributed by atoms with E-state index in [1.165, 1.54) is 35.6 Å². The molecule has 0 atom stereocenters. The van der Waals surface area contributed by atoms with Gasteiger partial charge in [-0.15, -0.1) is 10.2 Å². The third-order valence-corrected chi connectivity index (χ3v) is 4.22. The number of anilines is 2. The van der Waals surface area contributed by atoms with Crippen molar-refractivity contribution in [2.24, 2.45) is 0 Å². The number of aromatic nitrogens is 2. The van der Waals surface area contributed by atoms with Crippen LogP contribution in [0.15, 0.2) is 48.5 Å². The first-order chi connectivity index (χ1) is 12.1. The van der Waals surface area contributed by atoms with Crippen molar-refractivity contribution >= 4 is 51.9 Å². The topological polar surface area (TPSA) is 66.9 Å². The molecule has 5 nitrogen and oxygen atoms in total. The smallest absolute Gasteiger partial charge is 0.308 e. The molecule has 3 rings (SSSR count). The van der Waals surface area contributed by atoms with Crippen LogP contribution in [0.4, 0.5) is 20.0 Å². The molecule has 2 amide bonds. The van der Waals surface area contributed by atoms with E-state index in [4.69, 9.17) is 11.6 Å². The van der Waals surface area contributed by atoms with Crippen LogP contribution in [-0.2, 0) is 0 Å². The van der Waals surface area contributed by atoms with Gasteiger partial charge in [-0.25, -0.2) is 9.18 Å². The van der Waals surface area contributed by atoms with Crippen molar-refractivity contribution in [2.45, 2.75) is 0 Å². The number of rotatable bonds is 4. The largest absolute Gasteiger partial charge is 0.325 e. The average Bonchev–Trinajstić information content (AvgIpc) is 3.03. The monoisotopic (exact) mass is 374 g/mol. The van der Waals surface area contributed by atoms with Gasteiger partial charge in [0.05, 0.1) is 0 Å². The van der Waals surface area contributed by atoms with Gasteiger partial charge < -0.3 is 5.32 Å². The van der Waals surface area contributed by atoms with Crippen molar-refractivity contribution in [3.63, 3.8) is 0 Å². The van der Waals surface area contributed by atoms with E-state index in [-0.39, 0.29) is 5.82 Å². The predicted octanol–water partition coefficient (Wildman–Crippen LogP) is 5.15. The van der Waals surface area contributed by atoms with Crippen LogP contribution < -0.4 is 10.6 Å². The molecule has 126 valence electrons. The first-order valence-corrected chi connectivity index (χ1v) is 8.39. The van der Waals surface area contributed by atoms with E-state index in [1.54, 1.807) is 12.1 Å². The summed E-state index contributed by atoms with van der Waals surface area (Å²) in [6.07, 6.45) is 3.59. The van der Waals surface area contributed by atoms with Gasteiger partial charge in [0.15, 0.2) is 0 Å². The number of benzene rings is 2. The first kappa shape index (κ1) is 17.1. The maximum atomic E-state index is 12.8. The lowest BCUT2D eigenvalue weighted by Crippen LogP contribution is -2.19. The number of carbonyl (C=O) groups excluding carboxylic acids is 1. The van der Waals surface area contributed by atoms with Crippen LogP contribution in [-0.4, -0.2) is 16.2 Å². The zero-order chi connectivity index (χ0) is 17.6. The Bertz CT molecular complexity index is 911. The molecular weight excluding hydrogens is 363 g/mol. The normalized spacial score (nSPS) is 10.8. The van der Waals surface area contributed by atoms with E-state index in [2.05, 4.69) is 20.8 Å². The first-order valence-electron chi connectivity index (χ1n) is 7.20. The molecule has 2 aromatic carbocycles. The fourth-order valence-electron chi connectivity index (χ4n) is 1.92. The molecule has 2 N–H and O–H groups in total. The molecule has 0 radical (unpaired) electrons. The molecule has 0 spiro atoms. The van der Waals surface area contributed by atoms with E-state index >= 15 is 0 Å². The van der Waals surface area contributed by atoms with E-state index in [1.807, 2.05) is 24.3 Å². The number of nitrogens with zero attached hydrogens (tertiary/aromatic N) is 2. The summed E-state index contributed by atoms with van der Waals surface area (Å²) in [7, 11) is 0. The zero-order valence-electron chi connectivity index (χ0n) is 12.7. The minimum Gasteiger partial charge on any atom is -0.308 e. The number of amides is 2. The van der Waals surface area contributed by atoms with E-state index in [0.717, 1.165) is 5.56 Å². The Labute approximate surface area is 152 Å². The van der Waals surface area contributed by atoms with Gasteiger partial charge in [-0.05, 0) is 42.0 Å². The number of hydrogen-bond acceptors (Lipinski definition) is 4. The lowest BCUT2D eigenvalue weighted by molar-refractivity contribution is 0.262. The highest BCUT2D eigenvalue weighted by atomic mass is 35.5. The second kappa shape index (κ2) is 7.87. The molecule has 0 unspecified atom stereocenters. The lowest BCUT2D eigenvalue weighted by atomic mass is 10.2. The van der Waals surface area contributed by atoms with Crippen LogP contribution in [0.1, 0.15) is 10.6 Å². The molecule has 0 aliphatic carbocycles. The highest BCUT2D eigenvalue weighted by Crippen LogP contribution is 2.21. The van der Waals surface area contributed by atoms with Crippen molar-refractivity contribution in [1.82, 2.24) is 10.2 Å². The van der Waals surface area contributed by atoms with Crippen molar-refractivity contribution < 1.29 is 9.18 Å². The van der Waals surface area contributed by atoms with Gasteiger partial charge in [0.1, 0.15) is 10.8 Å². The third kappa shape index (κ3) is 4.85. The van der Waals surface area contributed by atoms with Crippen LogP contribution in [0.5, 0.6) is 0 Å². The summed E-state index contributed by atoms with van der Waals surface area (Å²) in [5, 5.41) is 14.6. The summed E-state index contributed by atoms with van der Waals surface area (Å²) in [4.78, 5) is 11.9. The number of hydrogen-bond donors (Lipinski definition) is 2. The standard InChI is InChI=1S/C17H12ClFN4OS/c18-14-4-2-1-3-11(14)5-10-15-22-23-17(25-15)21-16(24)20-13-8-6-12(19)7-9-13/h1-10H,(H2,20,21,23,24)/b10-5+. The van der Waals surface area contributed by atoms with E-state index in [0.29, 0.717) is 20.8 Å². The highest BCUT2D eigenvalue weighted by molar-refractivity contribution is 7.16. The molecule has 0 saturated carbocycles. The van der Waals surface area contributed by atoms with Gasteiger partial charge in [0.2, 0.25) is 5.13 Å². The molecule has 3 aromatic rings. The van der Waals surface area contributed by atoms with Crippen molar-refractivity contribution in [1.29, 1.82) is 0 Å². The second-order valence-corrected chi connectivity index (χ2v) is 6.30. The number of halogens is 2. The SMILES string of the molecule is O=C(Nc1ccc(F)cc1)Nc1nnc(/C=C/c2ccccc2Cl)s1. The molecule has 1 heterocycles. The average molecular weight is 375 g/mol. The van der Waals surface area contributed by atoms with Crippen LogP contribution in [0.3, 0.4) is 0 Å². The molecule has 0 bridgehead atoms. The zero-order valence-corrected chi connectivity index (χ0v) is 14.3. The molecule has 0 aliphatic rings. The summed E-state index contributed by atoms with van der Waals surface area (Å²) in [6, 6.07) is 12.4. The summed E-state index contributed by atoms with van der Waals surface area (Å²) < 4.78 is 12.8. The molecule has 0 saturated heterocycles. The molecular formula is C17H12ClFN4OS. The maximum Gasteiger partial charge on any atom is 0.325 e. The minimum absolute atomic E-state index is 0.346. The highest BCUT2D eigenvalue weighted by Gasteiger charge is 2.07. The van der Waals surface area contributed by atoms with Crippen LogP contribution >= 0.6 is 22.9 Å². The Kier molecular flexibility index (Phi) is 5.37. The Balaban J connectivity index is 1.60. The Hall–Kier alpha value is -2.77. The summed E-state index contributed by atoms with van der Waals surface area (Å²) >= 11 is 7.29.